The molecule has 14 heteroatoms. The molecule has 0 saturated carbocycles. The van der Waals surface area contributed by atoms with Crippen molar-refractivity contribution < 1.29 is 24.3 Å². The number of carbonyl (C=O) groups is 4. The van der Waals surface area contributed by atoms with E-state index >= 15 is 0 Å². The Bertz CT molecular complexity index is 1220. The molecule has 2 aliphatic heterocycles. The number of hydrogen-bond acceptors (Lipinski definition) is 9. The lowest BCUT2D eigenvalue weighted by molar-refractivity contribution is -0.148. The number of thioether (sulfide) groups is 2. The summed E-state index contributed by atoms with van der Waals surface area (Å²) in [6.07, 6.45) is 0. The fourth-order valence-corrected chi connectivity index (χ4v) is 6.28. The molecule has 0 aliphatic carbocycles. The molecule has 2 aromatic heterocycles. The van der Waals surface area contributed by atoms with Crippen molar-refractivity contribution in [3.05, 3.63) is 33.8 Å². The van der Waals surface area contributed by atoms with Gasteiger partial charge >= 0.3 is 5.97 Å². The number of aliphatic carboxylic acids is 1. The molecule has 0 bridgehead atoms. The number of hydrogen-bond donors (Lipinski definition) is 3. The molecule has 1 saturated heterocycles. The van der Waals surface area contributed by atoms with Crippen LogP contribution in [-0.4, -0.2) is 81.7 Å². The molecule has 4 heterocycles. The molecule has 12 nitrogen and oxygen atoms in total. The number of nitrogens with zero attached hydrogens (tertiary/aromatic N) is 5. The number of H-pyrrole nitrogens is 1. The number of aromatic nitrogens is 5. The number of carboxylic acids is 1. The molecule has 2 atom stereocenters. The van der Waals surface area contributed by atoms with E-state index in [9.17, 15) is 24.3 Å². The maximum absolute atomic E-state index is 12.9. The van der Waals surface area contributed by atoms with E-state index in [1.54, 1.807) is 20.9 Å². The van der Waals surface area contributed by atoms with Crippen molar-refractivity contribution in [2.24, 2.45) is 7.05 Å². The van der Waals surface area contributed by atoms with Crippen LogP contribution in [0.5, 0.6) is 0 Å². The van der Waals surface area contributed by atoms with Gasteiger partial charge in [-0.25, -0.2) is 9.48 Å². The molecule has 0 aromatic carbocycles. The minimum atomic E-state index is -1.20. The second-order valence-electron chi connectivity index (χ2n) is 7.67. The smallest absolute Gasteiger partial charge is 0.352 e. The van der Waals surface area contributed by atoms with Crippen LogP contribution in [0.1, 0.15) is 39.0 Å². The summed E-state index contributed by atoms with van der Waals surface area (Å²) in [6, 6.07) is -0.858. The van der Waals surface area contributed by atoms with E-state index in [0.717, 1.165) is 0 Å². The predicted octanol–water partition coefficient (Wildman–Crippen LogP) is 0.502. The number of ketones is 1. The predicted molar refractivity (Wildman–Crippen MR) is 119 cm³/mol. The van der Waals surface area contributed by atoms with Crippen LogP contribution in [0, 0.1) is 13.8 Å². The number of carboxylic acid groups (broad SMARTS) is 1. The van der Waals surface area contributed by atoms with Crippen molar-refractivity contribution in [1.29, 1.82) is 0 Å². The van der Waals surface area contributed by atoms with Gasteiger partial charge in [-0.1, -0.05) is 11.8 Å². The van der Waals surface area contributed by atoms with Crippen molar-refractivity contribution >= 4 is 47.1 Å². The maximum atomic E-state index is 12.9. The van der Waals surface area contributed by atoms with E-state index in [0.29, 0.717) is 44.8 Å². The highest BCUT2D eigenvalue weighted by Crippen LogP contribution is 2.41. The lowest BCUT2D eigenvalue weighted by Crippen LogP contribution is -2.70. The zero-order chi connectivity index (χ0) is 24.0. The van der Waals surface area contributed by atoms with Gasteiger partial charge in [0.2, 0.25) is 5.16 Å². The van der Waals surface area contributed by atoms with Gasteiger partial charge < -0.3 is 15.4 Å². The van der Waals surface area contributed by atoms with Crippen LogP contribution in [0.15, 0.2) is 16.4 Å². The normalized spacial score (nSPS) is 19.9. The number of nitrogens with one attached hydrogen (secondary N) is 2. The Kier molecular flexibility index (Phi) is 6.05. The SMILES string of the molecule is CC(=O)c1[nH]c(C)c(C(=O)N[C@@H]2C(=O)N3C(C(=O)O)=C(CSc4nnnn4C)CS[C@H]23)c1C. The van der Waals surface area contributed by atoms with Crippen LogP contribution >= 0.6 is 23.5 Å². The second kappa shape index (κ2) is 8.67. The van der Waals surface area contributed by atoms with E-state index in [4.69, 9.17) is 0 Å². The molecule has 0 spiro atoms. The Morgan fingerprint density at radius 3 is 2.64 bits per heavy atom. The quantitative estimate of drug-likeness (QED) is 0.282. The molecule has 3 N–H and O–H groups in total. The number of β-lactam (4-membered cyclic amide) rings is 1. The van der Waals surface area contributed by atoms with Crippen LogP contribution < -0.4 is 5.32 Å². The van der Waals surface area contributed by atoms with Crippen molar-refractivity contribution in [3.63, 3.8) is 0 Å². The largest absolute Gasteiger partial charge is 0.477 e. The summed E-state index contributed by atoms with van der Waals surface area (Å²) in [5.74, 6) is -1.66. The summed E-state index contributed by atoms with van der Waals surface area (Å²) in [6.45, 7) is 4.75. The Balaban J connectivity index is 1.51. The standard InChI is InChI=1S/C19H21N7O5S2/c1-7-11(8(2)20-12(7)9(3)27)15(28)21-13-16(29)26-14(18(30)31)10(5-32-17(13)26)6-33-19-22-23-24-25(19)4/h13,17,20H,5-6H2,1-4H3,(H,21,28)(H,30,31)/t13-,17-/m1/s1. The van der Waals surface area contributed by atoms with Crippen LogP contribution in [0.4, 0.5) is 0 Å². The molecule has 174 valence electrons. The number of fused-ring (bicyclic) bond motifs is 1. The Labute approximate surface area is 196 Å². The fraction of sp³-hybridized carbons (Fsp3) is 0.421. The van der Waals surface area contributed by atoms with Crippen molar-refractivity contribution in [2.75, 3.05) is 11.5 Å². The molecular weight excluding hydrogens is 470 g/mol. The number of aromatic amines is 1. The highest BCUT2D eigenvalue weighted by molar-refractivity contribution is 8.01. The van der Waals surface area contributed by atoms with Crippen LogP contribution in [0.3, 0.4) is 0 Å². The first-order chi connectivity index (χ1) is 15.6. The Morgan fingerprint density at radius 2 is 2.06 bits per heavy atom. The average molecular weight is 492 g/mol. The van der Waals surface area contributed by atoms with Gasteiger partial charge in [-0.2, -0.15) is 0 Å². The number of carbonyl (C=O) groups excluding carboxylic acids is 3. The molecule has 0 radical (unpaired) electrons. The third-order valence-corrected chi connectivity index (χ3v) is 7.95. The first kappa shape index (κ1) is 23.0. The van der Waals surface area contributed by atoms with Gasteiger partial charge in [0, 0.05) is 31.2 Å². The third kappa shape index (κ3) is 3.93. The number of amides is 2. The fourth-order valence-electron chi connectivity index (χ4n) is 3.95. The highest BCUT2D eigenvalue weighted by atomic mass is 32.2. The van der Waals surface area contributed by atoms with Gasteiger partial charge in [0.15, 0.2) is 5.78 Å². The molecule has 2 aromatic rings. The topological polar surface area (TPSA) is 163 Å². The lowest BCUT2D eigenvalue weighted by atomic mass is 10.0. The molecular formula is C19H21N7O5S2. The second-order valence-corrected chi connectivity index (χ2v) is 9.72. The van der Waals surface area contributed by atoms with E-state index in [-0.39, 0.29) is 11.5 Å². The minimum absolute atomic E-state index is 0.0650. The van der Waals surface area contributed by atoms with Crippen molar-refractivity contribution in [2.45, 2.75) is 37.3 Å². The van der Waals surface area contributed by atoms with E-state index < -0.39 is 29.2 Å². The molecule has 0 unspecified atom stereocenters. The third-order valence-electron chi connectivity index (χ3n) is 5.51. The highest BCUT2D eigenvalue weighted by Gasteiger charge is 2.54. The van der Waals surface area contributed by atoms with Gasteiger partial charge in [-0.05, 0) is 35.4 Å². The van der Waals surface area contributed by atoms with Crippen LogP contribution in [0.25, 0.3) is 0 Å². The van der Waals surface area contributed by atoms with Crippen LogP contribution in [0.2, 0.25) is 0 Å². The monoisotopic (exact) mass is 491 g/mol. The van der Waals surface area contributed by atoms with Gasteiger partial charge in [-0.3, -0.25) is 19.3 Å². The van der Waals surface area contributed by atoms with E-state index in [1.807, 2.05) is 0 Å². The first-order valence-electron chi connectivity index (χ1n) is 9.87. The summed E-state index contributed by atoms with van der Waals surface area (Å²) in [5.41, 5.74) is 2.22. The lowest BCUT2D eigenvalue weighted by Gasteiger charge is -2.49. The molecule has 2 aliphatic rings. The average Bonchev–Trinajstić information content (AvgIpc) is 3.31. The number of Topliss-reactive ketones (excluding diaryl/α,β-unsaturated/α-hetero) is 1. The molecule has 4 rings (SSSR count). The zero-order valence-corrected chi connectivity index (χ0v) is 19.8. The zero-order valence-electron chi connectivity index (χ0n) is 18.2. The Morgan fingerprint density at radius 1 is 1.33 bits per heavy atom. The van der Waals surface area contributed by atoms with Gasteiger partial charge in [-0.15, -0.1) is 16.9 Å². The number of tetrazole rings is 1. The summed E-state index contributed by atoms with van der Waals surface area (Å²) in [7, 11) is 1.68. The van der Waals surface area contributed by atoms with Crippen LogP contribution in [-0.2, 0) is 16.6 Å². The first-order valence-corrected chi connectivity index (χ1v) is 11.9. The van der Waals surface area contributed by atoms with Gasteiger partial charge in [0.25, 0.3) is 11.8 Å². The summed E-state index contributed by atoms with van der Waals surface area (Å²) in [5, 5.41) is 23.7. The molecule has 2 amide bonds. The van der Waals surface area contributed by atoms with E-state index in [1.165, 1.54) is 40.0 Å². The van der Waals surface area contributed by atoms with Crippen molar-refractivity contribution in [3.8, 4) is 0 Å². The minimum Gasteiger partial charge on any atom is -0.477 e. The summed E-state index contributed by atoms with van der Waals surface area (Å²) in [4.78, 5) is 53.7. The number of rotatable bonds is 7. The summed E-state index contributed by atoms with van der Waals surface area (Å²) < 4.78 is 1.48. The van der Waals surface area contributed by atoms with Crippen molar-refractivity contribution in [1.82, 2.24) is 35.4 Å². The molecule has 33 heavy (non-hydrogen) atoms. The van der Waals surface area contributed by atoms with E-state index in [2.05, 4.69) is 25.8 Å². The summed E-state index contributed by atoms with van der Waals surface area (Å²) >= 11 is 2.67. The van der Waals surface area contributed by atoms with Gasteiger partial charge in [0.05, 0.1) is 11.3 Å². The van der Waals surface area contributed by atoms with Gasteiger partial charge in [0.1, 0.15) is 17.1 Å². The maximum Gasteiger partial charge on any atom is 0.352 e. The Hall–Kier alpha value is -3.13. The number of aryl methyl sites for hydroxylation is 2. The molecule has 1 fully saturated rings.